The zero-order valence-corrected chi connectivity index (χ0v) is 12.5. The zero-order valence-electron chi connectivity index (χ0n) is 11.7. The van der Waals surface area contributed by atoms with Crippen molar-refractivity contribution in [1.29, 1.82) is 5.41 Å². The number of hydrogen-bond acceptors (Lipinski definition) is 3. The van der Waals surface area contributed by atoms with E-state index in [1.807, 2.05) is 0 Å². The molecule has 20 heavy (non-hydrogen) atoms. The first-order chi connectivity index (χ1) is 9.07. The van der Waals surface area contributed by atoms with Gasteiger partial charge < -0.3 is 4.90 Å². The number of amidine groups is 1. The molecule has 0 unspecified atom stereocenters. The molecule has 7 heteroatoms. The molecule has 1 aromatic carbocycles. The summed E-state index contributed by atoms with van der Waals surface area (Å²) in [6.45, 7) is 4.34. The molecule has 0 amide bonds. The van der Waals surface area contributed by atoms with Crippen LogP contribution in [0.25, 0.3) is 0 Å². The number of fused-ring (bicyclic) bond motifs is 1. The second kappa shape index (κ2) is 4.82. The highest BCUT2D eigenvalue weighted by Crippen LogP contribution is 2.25. The number of nitrogens with one attached hydrogen (secondary N) is 2. The molecule has 0 spiro atoms. The van der Waals surface area contributed by atoms with Crippen molar-refractivity contribution in [3.8, 4) is 0 Å². The molecule has 0 saturated heterocycles. The molecule has 0 radical (unpaired) electrons. The highest BCUT2D eigenvalue weighted by atomic mass is 32.2. The molecular formula is C13H18FN3O2S. The van der Waals surface area contributed by atoms with Crippen LogP contribution >= 0.6 is 0 Å². The van der Waals surface area contributed by atoms with E-state index in [1.54, 1.807) is 24.8 Å². The van der Waals surface area contributed by atoms with E-state index >= 15 is 0 Å². The van der Waals surface area contributed by atoms with E-state index < -0.39 is 15.6 Å². The van der Waals surface area contributed by atoms with Crippen LogP contribution in [0.5, 0.6) is 0 Å². The van der Waals surface area contributed by atoms with Crippen molar-refractivity contribution in [3.05, 3.63) is 35.1 Å². The number of halogens is 1. The standard InChI is InChI=1S/C13H18FN3O2S/c1-13(2,16-20(3,18)19)8-17-7-9-4-5-10(14)6-11(9)12(17)15/h4-6,15-16H,7-8H2,1-3H3. The molecular weight excluding hydrogens is 281 g/mol. The van der Waals surface area contributed by atoms with Gasteiger partial charge in [0.05, 0.1) is 6.26 Å². The Balaban J connectivity index is 2.16. The first-order valence-corrected chi connectivity index (χ1v) is 8.08. The Kier molecular flexibility index (Phi) is 3.60. The number of hydrogen-bond donors (Lipinski definition) is 2. The maximum atomic E-state index is 13.2. The van der Waals surface area contributed by atoms with Crippen molar-refractivity contribution in [3.63, 3.8) is 0 Å². The fourth-order valence-corrected chi connectivity index (χ4v) is 3.58. The molecule has 0 fully saturated rings. The third-order valence-electron chi connectivity index (χ3n) is 3.05. The Hall–Kier alpha value is -1.47. The summed E-state index contributed by atoms with van der Waals surface area (Å²) in [6.07, 6.45) is 1.11. The third kappa shape index (κ3) is 3.34. The molecule has 5 nitrogen and oxygen atoms in total. The SMILES string of the molecule is CC(C)(CN1Cc2ccc(F)cc2C1=N)NS(C)(=O)=O. The second-order valence-corrected chi connectivity index (χ2v) is 7.51. The first kappa shape index (κ1) is 14.9. The van der Waals surface area contributed by atoms with Crippen LogP contribution in [0.15, 0.2) is 18.2 Å². The summed E-state index contributed by atoms with van der Waals surface area (Å²) in [5.41, 5.74) is 0.743. The van der Waals surface area contributed by atoms with Gasteiger partial charge in [-0.05, 0) is 31.5 Å². The molecule has 110 valence electrons. The molecule has 0 aromatic heterocycles. The highest BCUT2D eigenvalue weighted by Gasteiger charge is 2.31. The Bertz CT molecular complexity index is 656. The van der Waals surface area contributed by atoms with Crippen LogP contribution in [-0.4, -0.2) is 37.5 Å². The average molecular weight is 299 g/mol. The molecule has 0 bridgehead atoms. The summed E-state index contributed by atoms with van der Waals surface area (Å²) in [5.74, 6) is -0.147. The van der Waals surface area contributed by atoms with Gasteiger partial charge in [0, 0.05) is 24.2 Å². The van der Waals surface area contributed by atoms with Crippen LogP contribution in [0.4, 0.5) is 4.39 Å². The van der Waals surface area contributed by atoms with Crippen LogP contribution in [0, 0.1) is 11.2 Å². The van der Waals surface area contributed by atoms with Gasteiger partial charge in [0.2, 0.25) is 10.0 Å². The second-order valence-electron chi connectivity index (χ2n) is 5.76. The van der Waals surface area contributed by atoms with Gasteiger partial charge in [-0.3, -0.25) is 5.41 Å². The summed E-state index contributed by atoms with van der Waals surface area (Å²) in [7, 11) is -3.32. The van der Waals surface area contributed by atoms with Crippen molar-refractivity contribution < 1.29 is 12.8 Å². The lowest BCUT2D eigenvalue weighted by Gasteiger charge is -2.31. The molecule has 2 N–H and O–H groups in total. The van der Waals surface area contributed by atoms with E-state index in [4.69, 9.17) is 5.41 Å². The Morgan fingerprint density at radius 2 is 2.10 bits per heavy atom. The van der Waals surface area contributed by atoms with Crippen molar-refractivity contribution in [1.82, 2.24) is 9.62 Å². The Morgan fingerprint density at radius 1 is 1.45 bits per heavy atom. The lowest BCUT2D eigenvalue weighted by molar-refractivity contribution is 0.312. The minimum atomic E-state index is -3.32. The van der Waals surface area contributed by atoms with E-state index in [2.05, 4.69) is 4.72 Å². The van der Waals surface area contributed by atoms with E-state index in [0.29, 0.717) is 18.7 Å². The minimum Gasteiger partial charge on any atom is -0.350 e. The Morgan fingerprint density at radius 3 is 2.70 bits per heavy atom. The predicted octanol–water partition coefficient (Wildman–Crippen LogP) is 1.29. The average Bonchev–Trinajstić information content (AvgIpc) is 2.52. The molecule has 1 heterocycles. The van der Waals surface area contributed by atoms with Gasteiger partial charge in [0.25, 0.3) is 0 Å². The van der Waals surface area contributed by atoms with E-state index in [1.165, 1.54) is 12.1 Å². The summed E-state index contributed by atoms with van der Waals surface area (Å²) in [4.78, 5) is 1.74. The van der Waals surface area contributed by atoms with Gasteiger partial charge in [0.15, 0.2) is 0 Å². The van der Waals surface area contributed by atoms with Crippen LogP contribution < -0.4 is 4.72 Å². The first-order valence-electron chi connectivity index (χ1n) is 6.19. The van der Waals surface area contributed by atoms with Gasteiger partial charge >= 0.3 is 0 Å². The van der Waals surface area contributed by atoms with Crippen LogP contribution in [0.2, 0.25) is 0 Å². The monoisotopic (exact) mass is 299 g/mol. The summed E-state index contributed by atoms with van der Waals surface area (Å²) < 4.78 is 38.4. The molecule has 1 aliphatic rings. The largest absolute Gasteiger partial charge is 0.350 e. The molecule has 0 saturated carbocycles. The number of rotatable bonds is 4. The maximum Gasteiger partial charge on any atom is 0.209 e. The molecule has 1 aliphatic heterocycles. The van der Waals surface area contributed by atoms with Gasteiger partial charge in [-0.25, -0.2) is 17.5 Å². The van der Waals surface area contributed by atoms with Gasteiger partial charge in [0.1, 0.15) is 11.7 Å². The molecule has 1 aromatic rings. The van der Waals surface area contributed by atoms with Gasteiger partial charge in [-0.2, -0.15) is 0 Å². The van der Waals surface area contributed by atoms with E-state index in [0.717, 1.165) is 11.8 Å². The van der Waals surface area contributed by atoms with Crippen molar-refractivity contribution in [2.75, 3.05) is 12.8 Å². The number of benzene rings is 1. The van der Waals surface area contributed by atoms with Crippen molar-refractivity contribution >= 4 is 15.9 Å². The fraction of sp³-hybridized carbons (Fsp3) is 0.462. The zero-order chi connectivity index (χ0) is 15.1. The lowest BCUT2D eigenvalue weighted by atomic mass is 10.1. The van der Waals surface area contributed by atoms with E-state index in [-0.39, 0.29) is 11.7 Å². The van der Waals surface area contributed by atoms with E-state index in [9.17, 15) is 12.8 Å². The number of nitrogens with zero attached hydrogens (tertiary/aromatic N) is 1. The molecule has 0 atom stereocenters. The topological polar surface area (TPSA) is 73.3 Å². The molecule has 2 rings (SSSR count). The van der Waals surface area contributed by atoms with Crippen LogP contribution in [0.1, 0.15) is 25.0 Å². The van der Waals surface area contributed by atoms with Crippen molar-refractivity contribution in [2.24, 2.45) is 0 Å². The number of sulfonamides is 1. The van der Waals surface area contributed by atoms with Gasteiger partial charge in [-0.1, -0.05) is 6.07 Å². The van der Waals surface area contributed by atoms with Gasteiger partial charge in [-0.15, -0.1) is 0 Å². The van der Waals surface area contributed by atoms with Crippen molar-refractivity contribution in [2.45, 2.75) is 25.9 Å². The highest BCUT2D eigenvalue weighted by molar-refractivity contribution is 7.88. The third-order valence-corrected chi connectivity index (χ3v) is 3.98. The lowest BCUT2D eigenvalue weighted by Crippen LogP contribution is -2.51. The summed E-state index contributed by atoms with van der Waals surface area (Å²) >= 11 is 0. The van der Waals surface area contributed by atoms with Crippen LogP contribution in [-0.2, 0) is 16.6 Å². The Labute approximate surface area is 118 Å². The molecule has 0 aliphatic carbocycles. The summed E-state index contributed by atoms with van der Waals surface area (Å²) in [5, 5.41) is 8.08. The minimum absolute atomic E-state index is 0.225. The summed E-state index contributed by atoms with van der Waals surface area (Å²) in [6, 6.07) is 4.38. The fourth-order valence-electron chi connectivity index (χ4n) is 2.51. The van der Waals surface area contributed by atoms with Crippen LogP contribution in [0.3, 0.4) is 0 Å². The smallest absolute Gasteiger partial charge is 0.209 e. The quantitative estimate of drug-likeness (QED) is 0.880. The normalized spacial score (nSPS) is 15.6. The maximum absolute atomic E-state index is 13.2. The predicted molar refractivity (Wildman–Crippen MR) is 75.7 cm³/mol.